The molecule has 0 heterocycles. The van der Waals surface area contributed by atoms with Crippen LogP contribution in [0.4, 0.5) is 0 Å². The van der Waals surface area contributed by atoms with Gasteiger partial charge in [0, 0.05) is 19.5 Å². The van der Waals surface area contributed by atoms with Crippen LogP contribution in [0.25, 0.3) is 0 Å². The molecular formula is C5H13N2O4PZn. The van der Waals surface area contributed by atoms with Crippen LogP contribution in [0.5, 0.6) is 0 Å². The summed E-state index contributed by atoms with van der Waals surface area (Å²) in [6.45, 7) is 1.42. The number of Topliss-reactive ketones (excluding diaryl/α,β-unsaturated/α-hetero) is 1. The largest absolute Gasteiger partial charge is 0.327 e. The van der Waals surface area contributed by atoms with Gasteiger partial charge in [-0.15, -0.1) is 0 Å². The smallest absolute Gasteiger partial charge is 0.324 e. The molecule has 0 fully saturated rings. The minimum absolute atomic E-state index is 0. The number of ketones is 1. The molecule has 0 rings (SSSR count). The summed E-state index contributed by atoms with van der Waals surface area (Å²) in [6, 6.07) is -1.96. The molecule has 0 aromatic heterocycles. The summed E-state index contributed by atoms with van der Waals surface area (Å²) in [6.07, 6.45) is -0.645. The molecule has 74 valence electrons. The number of carbonyl (C=O) groups excluding carboxylic acids is 1. The zero-order valence-electron chi connectivity index (χ0n) is 7.38. The topological polar surface area (TPSA) is 127 Å². The molecule has 8 heteroatoms. The van der Waals surface area contributed by atoms with Gasteiger partial charge in [-0.05, 0) is 6.92 Å². The summed E-state index contributed by atoms with van der Waals surface area (Å²) in [5.41, 5.74) is 10.4. The monoisotopic (exact) mass is 260 g/mol. The van der Waals surface area contributed by atoms with E-state index in [2.05, 4.69) is 0 Å². The first kappa shape index (κ1) is 15.8. The third-order valence-electron chi connectivity index (χ3n) is 1.25. The third kappa shape index (κ3) is 7.44. The molecule has 6 nitrogen and oxygen atoms in total. The first-order valence-electron chi connectivity index (χ1n) is 3.33. The van der Waals surface area contributed by atoms with Crippen molar-refractivity contribution in [2.75, 3.05) is 6.16 Å². The zero-order valence-corrected chi connectivity index (χ0v) is 11.2. The van der Waals surface area contributed by atoms with Crippen LogP contribution in [0.15, 0.2) is 0 Å². The molecule has 0 bridgehead atoms. The van der Waals surface area contributed by atoms with E-state index in [0.717, 1.165) is 0 Å². The summed E-state index contributed by atoms with van der Waals surface area (Å²) < 4.78 is 10.4. The predicted octanol–water partition coefficient (Wildman–Crippen LogP) is -1.59. The standard InChI is InChI=1S/C5H13N2O4P.Zn/c1-3(6)5(8)4(7)2-12(9,10)11;/h3-4H,2,6-7H2,1H3,(H2,9,10,11);. The zero-order chi connectivity index (χ0) is 9.94. The van der Waals surface area contributed by atoms with Gasteiger partial charge in [0.05, 0.1) is 18.2 Å². The van der Waals surface area contributed by atoms with Gasteiger partial charge in [-0.3, -0.25) is 9.36 Å². The molecule has 0 saturated heterocycles. The fourth-order valence-electron chi connectivity index (χ4n) is 0.684. The Morgan fingerprint density at radius 2 is 1.85 bits per heavy atom. The molecule has 2 unspecified atom stereocenters. The van der Waals surface area contributed by atoms with Crippen molar-refractivity contribution in [2.24, 2.45) is 11.5 Å². The van der Waals surface area contributed by atoms with E-state index in [1.807, 2.05) is 0 Å². The average Bonchev–Trinajstić information content (AvgIpc) is 1.82. The van der Waals surface area contributed by atoms with Gasteiger partial charge in [-0.2, -0.15) is 0 Å². The molecule has 0 aromatic carbocycles. The second-order valence-electron chi connectivity index (χ2n) is 2.64. The first-order valence-corrected chi connectivity index (χ1v) is 5.13. The molecule has 2 atom stereocenters. The summed E-state index contributed by atoms with van der Waals surface area (Å²) in [5.74, 6) is -0.543. The fraction of sp³-hybridized carbons (Fsp3) is 0.800. The second-order valence-corrected chi connectivity index (χ2v) is 4.34. The maximum Gasteiger partial charge on any atom is 0.327 e. The van der Waals surface area contributed by atoms with Gasteiger partial charge in [0.25, 0.3) is 0 Å². The van der Waals surface area contributed by atoms with Gasteiger partial charge in [-0.1, -0.05) is 0 Å². The third-order valence-corrected chi connectivity index (χ3v) is 2.12. The Balaban J connectivity index is 0. The molecule has 0 radical (unpaired) electrons. The van der Waals surface area contributed by atoms with Gasteiger partial charge < -0.3 is 21.3 Å². The van der Waals surface area contributed by atoms with E-state index in [0.29, 0.717) is 0 Å². The van der Waals surface area contributed by atoms with E-state index in [9.17, 15) is 9.36 Å². The van der Waals surface area contributed by atoms with Crippen LogP contribution < -0.4 is 11.5 Å². The average molecular weight is 262 g/mol. The van der Waals surface area contributed by atoms with Gasteiger partial charge >= 0.3 is 7.60 Å². The van der Waals surface area contributed by atoms with Crippen LogP contribution in [0.1, 0.15) is 6.92 Å². The molecule has 0 aliphatic carbocycles. The number of nitrogens with two attached hydrogens (primary N) is 2. The van der Waals surface area contributed by atoms with E-state index >= 15 is 0 Å². The maximum absolute atomic E-state index is 10.9. The van der Waals surface area contributed by atoms with Gasteiger partial charge in [-0.25, -0.2) is 0 Å². The van der Waals surface area contributed by atoms with Crippen LogP contribution in [0.3, 0.4) is 0 Å². The van der Waals surface area contributed by atoms with Gasteiger partial charge in [0.2, 0.25) is 0 Å². The molecule has 0 amide bonds. The Morgan fingerprint density at radius 3 is 2.08 bits per heavy atom. The Hall–Kier alpha value is 0.363. The maximum atomic E-state index is 10.9. The van der Waals surface area contributed by atoms with Crippen molar-refractivity contribution in [1.82, 2.24) is 0 Å². The Bertz CT molecular complexity index is 217. The summed E-state index contributed by atoms with van der Waals surface area (Å²) in [4.78, 5) is 27.8. The molecule has 0 aliphatic heterocycles. The van der Waals surface area contributed by atoms with Crippen molar-refractivity contribution in [3.63, 3.8) is 0 Å². The van der Waals surface area contributed by atoms with Crippen LogP contribution >= 0.6 is 7.60 Å². The Labute approximate surface area is 89.0 Å². The van der Waals surface area contributed by atoms with Crippen molar-refractivity contribution in [2.45, 2.75) is 19.0 Å². The van der Waals surface area contributed by atoms with E-state index in [1.165, 1.54) is 6.92 Å². The molecule has 13 heavy (non-hydrogen) atoms. The molecule has 0 aliphatic rings. The van der Waals surface area contributed by atoms with Crippen LogP contribution in [0.2, 0.25) is 0 Å². The fourth-order valence-corrected chi connectivity index (χ4v) is 1.38. The minimum Gasteiger partial charge on any atom is -0.324 e. The molecular weight excluding hydrogens is 248 g/mol. The Morgan fingerprint density at radius 1 is 1.46 bits per heavy atom. The minimum atomic E-state index is -4.22. The summed E-state index contributed by atoms with van der Waals surface area (Å²) in [7, 11) is -4.22. The van der Waals surface area contributed by atoms with Crippen molar-refractivity contribution in [3.05, 3.63) is 0 Å². The van der Waals surface area contributed by atoms with Crippen LogP contribution in [-0.4, -0.2) is 33.8 Å². The van der Waals surface area contributed by atoms with Crippen molar-refractivity contribution in [3.8, 4) is 0 Å². The summed E-state index contributed by atoms with van der Waals surface area (Å²) in [5, 5.41) is 0. The number of rotatable bonds is 4. The van der Waals surface area contributed by atoms with E-state index in [4.69, 9.17) is 21.3 Å². The first-order chi connectivity index (χ1) is 5.24. The van der Waals surface area contributed by atoms with Crippen molar-refractivity contribution < 1.29 is 38.6 Å². The quantitative estimate of drug-likeness (QED) is 0.357. The Kier molecular flexibility index (Phi) is 7.26. The van der Waals surface area contributed by atoms with Crippen LogP contribution in [0, 0.1) is 0 Å². The van der Waals surface area contributed by atoms with Crippen molar-refractivity contribution in [1.29, 1.82) is 0 Å². The number of hydrogen-bond acceptors (Lipinski definition) is 4. The normalized spacial score (nSPS) is 15.8. The number of carbonyl (C=O) groups is 1. The predicted molar refractivity (Wildman–Crippen MR) is 43.5 cm³/mol. The molecule has 0 saturated carbocycles. The van der Waals surface area contributed by atoms with Gasteiger partial charge in [0.15, 0.2) is 5.78 Å². The molecule has 0 spiro atoms. The van der Waals surface area contributed by atoms with E-state index < -0.39 is 31.6 Å². The second kappa shape index (κ2) is 5.96. The van der Waals surface area contributed by atoms with E-state index in [-0.39, 0.29) is 19.5 Å². The number of hydrogen-bond donors (Lipinski definition) is 4. The van der Waals surface area contributed by atoms with Gasteiger partial charge in [0.1, 0.15) is 0 Å². The summed E-state index contributed by atoms with van der Waals surface area (Å²) >= 11 is 0. The molecule has 0 aromatic rings. The SMILES string of the molecule is CC(N)C(=O)C(N)CP(=O)(O)O.[Zn]. The van der Waals surface area contributed by atoms with Crippen LogP contribution in [-0.2, 0) is 28.8 Å². The van der Waals surface area contributed by atoms with E-state index in [1.54, 1.807) is 0 Å². The van der Waals surface area contributed by atoms with Crippen molar-refractivity contribution >= 4 is 13.4 Å². The molecule has 6 N–H and O–H groups in total.